The van der Waals surface area contributed by atoms with E-state index in [1.54, 1.807) is 12.1 Å². The van der Waals surface area contributed by atoms with Gasteiger partial charge in [0.15, 0.2) is 0 Å². The van der Waals surface area contributed by atoms with Gasteiger partial charge in [-0.15, -0.1) is 0 Å². The SMILES string of the molecule is C=C/C=C(\N=CC)C(F)(F)C(=O)NCc1ccc2c(c1)CN(C1CCC(=O)NC1=O)C2=O. The average Bonchev–Trinajstić information content (AvgIpc) is 3.07. The highest BCUT2D eigenvalue weighted by Gasteiger charge is 2.43. The lowest BCUT2D eigenvalue weighted by molar-refractivity contribution is -0.141. The Hall–Kier alpha value is -3.69. The number of piperidine rings is 1. The fourth-order valence-corrected chi connectivity index (χ4v) is 3.63. The number of rotatable bonds is 7. The number of nitrogens with zero attached hydrogens (tertiary/aromatic N) is 2. The molecule has 1 unspecified atom stereocenters. The van der Waals surface area contributed by atoms with Gasteiger partial charge in [-0.25, -0.2) is 0 Å². The van der Waals surface area contributed by atoms with Crippen molar-refractivity contribution in [3.63, 3.8) is 0 Å². The molecule has 1 fully saturated rings. The number of carbonyl (C=O) groups is 4. The van der Waals surface area contributed by atoms with Crippen LogP contribution < -0.4 is 10.6 Å². The molecular weight excluding hydrogens is 422 g/mol. The van der Waals surface area contributed by atoms with Crippen molar-refractivity contribution in [1.82, 2.24) is 15.5 Å². The van der Waals surface area contributed by atoms with Crippen LogP contribution in [0.5, 0.6) is 0 Å². The molecule has 2 N–H and O–H groups in total. The van der Waals surface area contributed by atoms with Crippen molar-refractivity contribution in [3.05, 3.63) is 59.3 Å². The summed E-state index contributed by atoms with van der Waals surface area (Å²) >= 11 is 0. The monoisotopic (exact) mass is 444 g/mol. The number of hydrogen-bond acceptors (Lipinski definition) is 5. The third-order valence-electron chi connectivity index (χ3n) is 5.19. The summed E-state index contributed by atoms with van der Waals surface area (Å²) in [6.45, 7) is 4.76. The Morgan fingerprint density at radius 2 is 2.12 bits per heavy atom. The molecule has 1 saturated heterocycles. The van der Waals surface area contributed by atoms with Gasteiger partial charge in [0, 0.05) is 31.3 Å². The van der Waals surface area contributed by atoms with E-state index in [0.717, 1.165) is 18.4 Å². The second-order valence-corrected chi connectivity index (χ2v) is 7.32. The molecule has 3 rings (SSSR count). The Kier molecular flexibility index (Phi) is 6.61. The number of imide groups is 1. The number of alkyl halides is 2. The summed E-state index contributed by atoms with van der Waals surface area (Å²) in [6.07, 6.45) is 3.62. The van der Waals surface area contributed by atoms with E-state index in [4.69, 9.17) is 0 Å². The standard InChI is InChI=1S/C22H22F2N4O4/c1-3-5-17(25-4-2)22(23,24)21(32)26-11-13-6-7-15-14(10-13)12-28(20(15)31)16-8-9-18(29)27-19(16)30/h3-7,10,16H,1,8-9,11-12H2,2H3,(H,26,32)(H,27,29,30)/b17-5-,25-4?. The minimum atomic E-state index is -3.85. The smallest absolute Gasteiger partial charge is 0.346 e. The number of carbonyl (C=O) groups excluding carboxylic acids is 4. The molecule has 10 heteroatoms. The van der Waals surface area contributed by atoms with E-state index in [0.29, 0.717) is 16.7 Å². The number of nitrogens with one attached hydrogen (secondary N) is 2. The molecule has 2 aliphatic heterocycles. The van der Waals surface area contributed by atoms with Crippen molar-refractivity contribution in [2.24, 2.45) is 4.99 Å². The van der Waals surface area contributed by atoms with Crippen molar-refractivity contribution in [2.45, 2.75) is 44.8 Å². The number of amides is 4. The summed E-state index contributed by atoms with van der Waals surface area (Å²) < 4.78 is 28.8. The van der Waals surface area contributed by atoms with Crippen LogP contribution in [-0.2, 0) is 27.5 Å². The molecule has 4 amide bonds. The lowest BCUT2D eigenvalue weighted by Crippen LogP contribution is -2.52. The molecule has 2 heterocycles. The van der Waals surface area contributed by atoms with Gasteiger partial charge in [0.25, 0.3) is 11.8 Å². The van der Waals surface area contributed by atoms with Crippen molar-refractivity contribution < 1.29 is 28.0 Å². The molecule has 2 aliphatic rings. The Bertz CT molecular complexity index is 1050. The molecular formula is C22H22F2N4O4. The topological polar surface area (TPSA) is 108 Å². The Balaban J connectivity index is 1.69. The number of allylic oxidation sites excluding steroid dienone is 2. The molecule has 1 atom stereocenters. The largest absolute Gasteiger partial charge is 0.366 e. The van der Waals surface area contributed by atoms with Gasteiger partial charge in [0.2, 0.25) is 11.8 Å². The first-order valence-corrected chi connectivity index (χ1v) is 9.93. The summed E-state index contributed by atoms with van der Waals surface area (Å²) in [5.74, 6) is -6.60. The third kappa shape index (κ3) is 4.48. The third-order valence-corrected chi connectivity index (χ3v) is 5.19. The number of aliphatic imine (C=N–C) groups is 1. The highest BCUT2D eigenvalue weighted by molar-refractivity contribution is 6.05. The molecule has 32 heavy (non-hydrogen) atoms. The zero-order valence-corrected chi connectivity index (χ0v) is 17.4. The summed E-state index contributed by atoms with van der Waals surface area (Å²) in [5, 5.41) is 4.42. The second-order valence-electron chi connectivity index (χ2n) is 7.32. The lowest BCUT2D eigenvalue weighted by Gasteiger charge is -2.29. The molecule has 0 spiro atoms. The van der Waals surface area contributed by atoms with E-state index in [2.05, 4.69) is 22.2 Å². The number of fused-ring (bicyclic) bond motifs is 1. The van der Waals surface area contributed by atoms with Crippen LogP contribution in [-0.4, -0.2) is 46.7 Å². The van der Waals surface area contributed by atoms with Gasteiger partial charge < -0.3 is 10.2 Å². The van der Waals surface area contributed by atoms with Gasteiger partial charge in [-0.3, -0.25) is 29.5 Å². The van der Waals surface area contributed by atoms with Crippen molar-refractivity contribution >= 4 is 29.8 Å². The molecule has 1 aromatic rings. The summed E-state index contributed by atoms with van der Waals surface area (Å²) in [5.41, 5.74) is 0.788. The van der Waals surface area contributed by atoms with Crippen molar-refractivity contribution in [1.29, 1.82) is 0 Å². The maximum absolute atomic E-state index is 14.4. The normalized spacial score (nSPS) is 19.2. The van der Waals surface area contributed by atoms with E-state index < -0.39 is 29.5 Å². The van der Waals surface area contributed by atoms with E-state index in [1.807, 2.05) is 0 Å². The first kappa shape index (κ1) is 23.0. The van der Waals surface area contributed by atoms with Crippen LogP contribution in [0.3, 0.4) is 0 Å². The van der Waals surface area contributed by atoms with Gasteiger partial charge >= 0.3 is 5.92 Å². The zero-order chi connectivity index (χ0) is 23.5. The number of halogens is 2. The summed E-state index contributed by atoms with van der Waals surface area (Å²) in [4.78, 5) is 53.2. The average molecular weight is 444 g/mol. The fraction of sp³-hybridized carbons (Fsp3) is 0.318. The van der Waals surface area contributed by atoms with Crippen LogP contribution in [0.4, 0.5) is 8.78 Å². The predicted octanol–water partition coefficient (Wildman–Crippen LogP) is 1.86. The molecule has 0 saturated carbocycles. The van der Waals surface area contributed by atoms with E-state index >= 15 is 0 Å². The first-order valence-electron chi connectivity index (χ1n) is 9.93. The number of hydrogen-bond donors (Lipinski definition) is 2. The van der Waals surface area contributed by atoms with Crippen LogP contribution in [0.15, 0.2) is 47.6 Å². The molecule has 0 radical (unpaired) electrons. The van der Waals surface area contributed by atoms with Crippen LogP contribution >= 0.6 is 0 Å². The minimum Gasteiger partial charge on any atom is -0.346 e. The Morgan fingerprint density at radius 1 is 1.38 bits per heavy atom. The van der Waals surface area contributed by atoms with Crippen LogP contribution in [0.1, 0.15) is 41.3 Å². The van der Waals surface area contributed by atoms with Crippen LogP contribution in [0.25, 0.3) is 0 Å². The Labute approximate surface area is 183 Å². The fourth-order valence-electron chi connectivity index (χ4n) is 3.63. The molecule has 1 aromatic carbocycles. The van der Waals surface area contributed by atoms with E-state index in [1.165, 1.54) is 17.9 Å². The van der Waals surface area contributed by atoms with Crippen molar-refractivity contribution in [3.8, 4) is 0 Å². The molecule has 0 aliphatic carbocycles. The zero-order valence-electron chi connectivity index (χ0n) is 17.4. The lowest BCUT2D eigenvalue weighted by atomic mass is 10.0. The van der Waals surface area contributed by atoms with Gasteiger partial charge in [0.1, 0.15) is 11.7 Å². The number of benzene rings is 1. The minimum absolute atomic E-state index is 0.145. The van der Waals surface area contributed by atoms with Crippen LogP contribution in [0.2, 0.25) is 0 Å². The van der Waals surface area contributed by atoms with Gasteiger partial charge in [-0.2, -0.15) is 8.78 Å². The molecule has 0 aromatic heterocycles. The van der Waals surface area contributed by atoms with E-state index in [9.17, 15) is 28.0 Å². The molecule has 0 bridgehead atoms. The predicted molar refractivity (Wildman–Crippen MR) is 112 cm³/mol. The van der Waals surface area contributed by atoms with Crippen molar-refractivity contribution in [2.75, 3.05) is 0 Å². The second kappa shape index (κ2) is 9.21. The highest BCUT2D eigenvalue weighted by atomic mass is 19.3. The summed E-state index contributed by atoms with van der Waals surface area (Å²) in [6, 6.07) is 3.97. The van der Waals surface area contributed by atoms with Gasteiger partial charge in [-0.1, -0.05) is 24.8 Å². The van der Waals surface area contributed by atoms with Crippen LogP contribution in [0, 0.1) is 0 Å². The highest BCUT2D eigenvalue weighted by Crippen LogP contribution is 2.29. The maximum atomic E-state index is 14.4. The van der Waals surface area contributed by atoms with E-state index in [-0.39, 0.29) is 37.7 Å². The first-order chi connectivity index (χ1) is 15.2. The van der Waals surface area contributed by atoms with Gasteiger partial charge in [-0.05, 0) is 36.6 Å². The molecule has 8 nitrogen and oxygen atoms in total. The molecule has 168 valence electrons. The quantitative estimate of drug-likeness (QED) is 0.380. The Morgan fingerprint density at radius 3 is 2.78 bits per heavy atom. The van der Waals surface area contributed by atoms with Gasteiger partial charge in [0.05, 0.1) is 0 Å². The maximum Gasteiger partial charge on any atom is 0.366 e. The summed E-state index contributed by atoms with van der Waals surface area (Å²) in [7, 11) is 0.